The fourth-order valence-corrected chi connectivity index (χ4v) is 4.09. The standard InChI is InChI=1S/C21H29N5O2/c1-2-28-19-7-5-17(6-8-19)15-24-13-9-18(10-14-24)26-16-20(22-23-26)21(27)25-11-3-4-12-25/h5-8,16,18H,2-4,9-15H2,1H3. The van der Waals surface area contributed by atoms with Gasteiger partial charge in [0.25, 0.3) is 5.91 Å². The minimum absolute atomic E-state index is 0.0247. The molecule has 2 aliphatic heterocycles. The number of piperidine rings is 1. The topological polar surface area (TPSA) is 63.5 Å². The highest BCUT2D eigenvalue weighted by Gasteiger charge is 2.25. The van der Waals surface area contributed by atoms with E-state index < -0.39 is 0 Å². The predicted octanol–water partition coefficient (Wildman–Crippen LogP) is 2.75. The average Bonchev–Trinajstić information content (AvgIpc) is 3.42. The first-order valence-electron chi connectivity index (χ1n) is 10.4. The van der Waals surface area contributed by atoms with E-state index in [1.165, 1.54) is 5.56 Å². The molecule has 2 fully saturated rings. The van der Waals surface area contributed by atoms with Gasteiger partial charge >= 0.3 is 0 Å². The van der Waals surface area contributed by atoms with Gasteiger partial charge in [0.2, 0.25) is 0 Å². The molecule has 0 radical (unpaired) electrons. The summed E-state index contributed by atoms with van der Waals surface area (Å²) >= 11 is 0. The van der Waals surface area contributed by atoms with Crippen molar-refractivity contribution >= 4 is 5.91 Å². The van der Waals surface area contributed by atoms with E-state index in [-0.39, 0.29) is 5.91 Å². The van der Waals surface area contributed by atoms with Gasteiger partial charge in [0.15, 0.2) is 5.69 Å². The summed E-state index contributed by atoms with van der Waals surface area (Å²) in [7, 11) is 0. The summed E-state index contributed by atoms with van der Waals surface area (Å²) < 4.78 is 7.41. The molecule has 0 atom stereocenters. The lowest BCUT2D eigenvalue weighted by Crippen LogP contribution is -2.34. The normalized spacial score (nSPS) is 18.5. The van der Waals surface area contributed by atoms with Crippen molar-refractivity contribution in [3.05, 3.63) is 41.7 Å². The minimum atomic E-state index is 0.0247. The lowest BCUT2D eigenvalue weighted by atomic mass is 10.0. The highest BCUT2D eigenvalue weighted by Crippen LogP contribution is 2.24. The summed E-state index contributed by atoms with van der Waals surface area (Å²) in [4.78, 5) is 16.8. The maximum atomic E-state index is 12.5. The van der Waals surface area contributed by atoms with Crippen molar-refractivity contribution in [2.24, 2.45) is 0 Å². The molecule has 7 heteroatoms. The second-order valence-electron chi connectivity index (χ2n) is 7.67. The number of rotatable bonds is 6. The largest absolute Gasteiger partial charge is 0.494 e. The van der Waals surface area contributed by atoms with E-state index in [0.717, 1.165) is 64.2 Å². The third kappa shape index (κ3) is 4.35. The van der Waals surface area contributed by atoms with Crippen LogP contribution in [0.3, 0.4) is 0 Å². The number of nitrogens with zero attached hydrogens (tertiary/aromatic N) is 5. The fourth-order valence-electron chi connectivity index (χ4n) is 4.09. The summed E-state index contributed by atoms with van der Waals surface area (Å²) in [6.07, 6.45) is 6.07. The smallest absolute Gasteiger partial charge is 0.276 e. The Morgan fingerprint density at radius 2 is 1.82 bits per heavy atom. The second-order valence-corrected chi connectivity index (χ2v) is 7.67. The number of carbonyl (C=O) groups is 1. The Kier molecular flexibility index (Phi) is 5.90. The third-order valence-corrected chi connectivity index (χ3v) is 5.69. The number of ether oxygens (including phenoxy) is 1. The molecule has 2 saturated heterocycles. The SMILES string of the molecule is CCOc1ccc(CN2CCC(n3cc(C(=O)N4CCCC4)nn3)CC2)cc1. The van der Waals surface area contributed by atoms with E-state index in [1.54, 1.807) is 0 Å². The van der Waals surface area contributed by atoms with Crippen LogP contribution in [-0.2, 0) is 6.54 Å². The third-order valence-electron chi connectivity index (χ3n) is 5.69. The lowest BCUT2D eigenvalue weighted by Gasteiger charge is -2.31. The van der Waals surface area contributed by atoms with E-state index >= 15 is 0 Å². The van der Waals surface area contributed by atoms with Crippen LogP contribution in [0.5, 0.6) is 5.75 Å². The van der Waals surface area contributed by atoms with E-state index in [1.807, 2.05) is 34.8 Å². The van der Waals surface area contributed by atoms with Crippen molar-refractivity contribution in [2.75, 3.05) is 32.8 Å². The van der Waals surface area contributed by atoms with Gasteiger partial charge in [-0.15, -0.1) is 5.10 Å². The van der Waals surface area contributed by atoms with Crippen LogP contribution in [0.25, 0.3) is 0 Å². The fraction of sp³-hybridized carbons (Fsp3) is 0.571. The van der Waals surface area contributed by atoms with E-state index in [0.29, 0.717) is 18.3 Å². The Morgan fingerprint density at radius 3 is 2.50 bits per heavy atom. The Morgan fingerprint density at radius 1 is 1.11 bits per heavy atom. The van der Waals surface area contributed by atoms with Crippen LogP contribution in [0, 0.1) is 0 Å². The van der Waals surface area contributed by atoms with Crippen molar-refractivity contribution in [1.29, 1.82) is 0 Å². The number of benzene rings is 1. The van der Waals surface area contributed by atoms with E-state index in [4.69, 9.17) is 4.74 Å². The summed E-state index contributed by atoms with van der Waals surface area (Å²) in [5.41, 5.74) is 1.79. The Labute approximate surface area is 166 Å². The van der Waals surface area contributed by atoms with Gasteiger partial charge in [-0.05, 0) is 50.3 Å². The van der Waals surface area contributed by atoms with Crippen LogP contribution in [-0.4, -0.2) is 63.5 Å². The van der Waals surface area contributed by atoms with Crippen LogP contribution in [0.15, 0.2) is 30.5 Å². The van der Waals surface area contributed by atoms with Crippen molar-refractivity contribution < 1.29 is 9.53 Å². The maximum Gasteiger partial charge on any atom is 0.276 e. The zero-order valence-corrected chi connectivity index (χ0v) is 16.6. The number of aromatic nitrogens is 3. The highest BCUT2D eigenvalue weighted by atomic mass is 16.5. The molecule has 0 spiro atoms. The molecule has 0 aliphatic carbocycles. The van der Waals surface area contributed by atoms with E-state index in [2.05, 4.69) is 27.3 Å². The first-order chi connectivity index (χ1) is 13.7. The Balaban J connectivity index is 1.28. The van der Waals surface area contributed by atoms with Gasteiger partial charge in [-0.25, -0.2) is 4.68 Å². The highest BCUT2D eigenvalue weighted by molar-refractivity contribution is 5.92. The number of carbonyl (C=O) groups excluding carboxylic acids is 1. The van der Waals surface area contributed by atoms with Gasteiger partial charge in [0.05, 0.1) is 18.8 Å². The van der Waals surface area contributed by atoms with Gasteiger partial charge in [0.1, 0.15) is 5.75 Å². The first kappa shape index (κ1) is 18.9. The molecule has 0 N–H and O–H groups in total. The van der Waals surface area contributed by atoms with Crippen LogP contribution in [0.2, 0.25) is 0 Å². The number of hydrogen-bond donors (Lipinski definition) is 0. The molecule has 2 aliphatic rings. The molecule has 4 rings (SSSR count). The molecule has 0 unspecified atom stereocenters. The summed E-state index contributed by atoms with van der Waals surface area (Å²) in [6, 6.07) is 8.69. The van der Waals surface area contributed by atoms with Gasteiger partial charge in [0, 0.05) is 32.7 Å². The van der Waals surface area contributed by atoms with Crippen molar-refractivity contribution in [3.63, 3.8) is 0 Å². The monoisotopic (exact) mass is 383 g/mol. The quantitative estimate of drug-likeness (QED) is 0.768. The van der Waals surface area contributed by atoms with Gasteiger partial charge < -0.3 is 9.64 Å². The molecule has 1 amide bonds. The maximum absolute atomic E-state index is 12.5. The molecule has 0 bridgehead atoms. The second kappa shape index (κ2) is 8.73. The van der Waals surface area contributed by atoms with Gasteiger partial charge in [-0.3, -0.25) is 9.69 Å². The molecule has 1 aromatic carbocycles. The zero-order valence-electron chi connectivity index (χ0n) is 16.6. The number of amides is 1. The molecular formula is C21H29N5O2. The predicted molar refractivity (Wildman–Crippen MR) is 106 cm³/mol. The first-order valence-corrected chi connectivity index (χ1v) is 10.4. The van der Waals surface area contributed by atoms with Crippen LogP contribution in [0.1, 0.15) is 54.7 Å². The molecule has 2 aromatic rings. The lowest BCUT2D eigenvalue weighted by molar-refractivity contribution is 0.0787. The Bertz CT molecular complexity index is 774. The van der Waals surface area contributed by atoms with Crippen molar-refractivity contribution in [2.45, 2.75) is 45.2 Å². The van der Waals surface area contributed by atoms with Crippen molar-refractivity contribution in [3.8, 4) is 5.75 Å². The van der Waals surface area contributed by atoms with Crippen molar-refractivity contribution in [1.82, 2.24) is 24.8 Å². The summed E-state index contributed by atoms with van der Waals surface area (Å²) in [6.45, 7) is 7.37. The molecule has 28 heavy (non-hydrogen) atoms. The summed E-state index contributed by atoms with van der Waals surface area (Å²) in [5, 5.41) is 8.40. The minimum Gasteiger partial charge on any atom is -0.494 e. The molecule has 0 saturated carbocycles. The van der Waals surface area contributed by atoms with Crippen LogP contribution < -0.4 is 4.74 Å². The number of hydrogen-bond acceptors (Lipinski definition) is 5. The van der Waals surface area contributed by atoms with E-state index in [9.17, 15) is 4.79 Å². The molecule has 3 heterocycles. The van der Waals surface area contributed by atoms with Gasteiger partial charge in [-0.1, -0.05) is 17.3 Å². The zero-order chi connectivity index (χ0) is 19.3. The average molecular weight is 383 g/mol. The molecule has 7 nitrogen and oxygen atoms in total. The van der Waals surface area contributed by atoms with Crippen LogP contribution in [0.4, 0.5) is 0 Å². The van der Waals surface area contributed by atoms with Crippen LogP contribution >= 0.6 is 0 Å². The molecule has 150 valence electrons. The van der Waals surface area contributed by atoms with Gasteiger partial charge in [-0.2, -0.15) is 0 Å². The molecule has 1 aromatic heterocycles. The summed E-state index contributed by atoms with van der Waals surface area (Å²) in [5.74, 6) is 0.951. The molecular weight excluding hydrogens is 354 g/mol. The Hall–Kier alpha value is -2.41. The number of likely N-dealkylation sites (tertiary alicyclic amines) is 2.